The van der Waals surface area contributed by atoms with Gasteiger partial charge in [-0.1, -0.05) is 64.8 Å². The lowest BCUT2D eigenvalue weighted by Crippen LogP contribution is -2.52. The molecule has 31 heavy (non-hydrogen) atoms. The van der Waals surface area contributed by atoms with Gasteiger partial charge in [0.05, 0.1) is 6.10 Å². The summed E-state index contributed by atoms with van der Waals surface area (Å²) in [4.78, 5) is 0. The number of aliphatic hydroxyl groups excluding tert-OH is 1. The summed E-state index contributed by atoms with van der Waals surface area (Å²) in [7, 11) is 0. The Balaban J connectivity index is 1.51. The van der Waals surface area contributed by atoms with Crippen LogP contribution < -0.4 is 0 Å². The van der Waals surface area contributed by atoms with Crippen molar-refractivity contribution in [3.63, 3.8) is 0 Å². The van der Waals surface area contributed by atoms with Gasteiger partial charge in [0, 0.05) is 0 Å². The fourth-order valence-electron chi connectivity index (χ4n) is 9.28. The Hall–Kier alpha value is -0.560. The van der Waals surface area contributed by atoms with Gasteiger partial charge in [-0.25, -0.2) is 0 Å². The molecule has 0 aromatic rings. The van der Waals surface area contributed by atoms with Crippen molar-refractivity contribution in [2.75, 3.05) is 0 Å². The molecule has 9 atom stereocenters. The second-order valence-electron chi connectivity index (χ2n) is 12.9. The highest BCUT2D eigenvalue weighted by Crippen LogP contribution is 2.67. The van der Waals surface area contributed by atoms with E-state index in [1.54, 1.807) is 5.57 Å². The molecule has 2 unspecified atom stereocenters. The lowest BCUT2D eigenvalue weighted by Gasteiger charge is -2.59. The molecule has 0 amide bonds. The molecule has 4 rings (SSSR count). The van der Waals surface area contributed by atoms with Crippen LogP contribution in [0.1, 0.15) is 106 Å². The molecule has 3 saturated carbocycles. The number of aliphatic hydroxyl groups is 1. The van der Waals surface area contributed by atoms with Crippen molar-refractivity contribution >= 4 is 0 Å². The van der Waals surface area contributed by atoms with E-state index < -0.39 is 0 Å². The van der Waals surface area contributed by atoms with Gasteiger partial charge in [-0.3, -0.25) is 0 Å². The maximum Gasteiger partial charge on any atom is 0.0568 e. The van der Waals surface area contributed by atoms with Crippen LogP contribution in [0.3, 0.4) is 0 Å². The van der Waals surface area contributed by atoms with Crippen LogP contribution in [-0.4, -0.2) is 11.2 Å². The maximum atomic E-state index is 10.5. The second-order valence-corrected chi connectivity index (χ2v) is 12.9. The van der Waals surface area contributed by atoms with Gasteiger partial charge in [0.15, 0.2) is 0 Å². The van der Waals surface area contributed by atoms with Crippen LogP contribution in [0, 0.1) is 52.3 Å². The number of rotatable bonds is 5. The fourth-order valence-corrected chi connectivity index (χ4v) is 9.28. The molecule has 0 radical (unpaired) electrons. The van der Waals surface area contributed by atoms with Gasteiger partial charge in [0.25, 0.3) is 0 Å². The van der Waals surface area contributed by atoms with Gasteiger partial charge >= 0.3 is 0 Å². The van der Waals surface area contributed by atoms with Crippen molar-refractivity contribution in [3.05, 3.63) is 23.3 Å². The molecule has 0 saturated heterocycles. The van der Waals surface area contributed by atoms with Gasteiger partial charge in [-0.2, -0.15) is 0 Å². The average molecular weight is 427 g/mol. The number of allylic oxidation sites excluding steroid dienone is 4. The third-order valence-corrected chi connectivity index (χ3v) is 11.3. The molecule has 4 aliphatic carbocycles. The molecule has 0 aliphatic heterocycles. The van der Waals surface area contributed by atoms with E-state index in [2.05, 4.69) is 60.6 Å². The molecule has 0 aromatic heterocycles. The summed E-state index contributed by atoms with van der Waals surface area (Å²) in [5, 5.41) is 10.5. The summed E-state index contributed by atoms with van der Waals surface area (Å²) in [5.74, 6) is 5.16. The normalized spacial score (nSPS) is 46.2. The highest BCUT2D eigenvalue weighted by molar-refractivity contribution is 5.28. The Bertz CT molecular complexity index is 716. The van der Waals surface area contributed by atoms with Crippen LogP contribution in [0.2, 0.25) is 0 Å². The molecular weight excluding hydrogens is 376 g/mol. The lowest BCUT2D eigenvalue weighted by molar-refractivity contribution is -0.0773. The largest absolute Gasteiger partial charge is 0.393 e. The Morgan fingerprint density at radius 2 is 1.74 bits per heavy atom. The molecule has 0 aromatic carbocycles. The van der Waals surface area contributed by atoms with E-state index in [1.807, 2.05) is 5.57 Å². The van der Waals surface area contributed by atoms with E-state index in [0.29, 0.717) is 28.6 Å². The third-order valence-electron chi connectivity index (χ3n) is 11.3. The van der Waals surface area contributed by atoms with Gasteiger partial charge in [-0.05, 0) is 117 Å². The molecule has 3 fully saturated rings. The summed E-state index contributed by atoms with van der Waals surface area (Å²) < 4.78 is 0. The molecule has 4 aliphatic rings. The first-order valence-corrected chi connectivity index (χ1v) is 13.7. The van der Waals surface area contributed by atoms with Crippen LogP contribution in [0.4, 0.5) is 0 Å². The van der Waals surface area contributed by atoms with Gasteiger partial charge < -0.3 is 5.11 Å². The topological polar surface area (TPSA) is 20.2 Å². The first kappa shape index (κ1) is 23.6. The van der Waals surface area contributed by atoms with Gasteiger partial charge in [0.2, 0.25) is 0 Å². The van der Waals surface area contributed by atoms with Crippen LogP contribution in [0.25, 0.3) is 0 Å². The fraction of sp³-hybridized carbons (Fsp3) is 0.867. The Labute approximate surface area is 193 Å². The smallest absolute Gasteiger partial charge is 0.0568 e. The Kier molecular flexibility index (Phi) is 6.59. The van der Waals surface area contributed by atoms with Crippen LogP contribution >= 0.6 is 0 Å². The van der Waals surface area contributed by atoms with E-state index in [0.717, 1.165) is 30.1 Å². The van der Waals surface area contributed by atoms with E-state index in [9.17, 15) is 5.11 Å². The summed E-state index contributed by atoms with van der Waals surface area (Å²) in [5.41, 5.74) is 4.45. The third kappa shape index (κ3) is 3.79. The quantitative estimate of drug-likeness (QED) is 0.439. The number of hydrogen-bond acceptors (Lipinski definition) is 1. The van der Waals surface area contributed by atoms with Crippen LogP contribution in [0.5, 0.6) is 0 Å². The van der Waals surface area contributed by atoms with Crippen molar-refractivity contribution < 1.29 is 5.11 Å². The minimum Gasteiger partial charge on any atom is -0.393 e. The summed E-state index contributed by atoms with van der Waals surface area (Å²) in [6.07, 6.45) is 16.8. The summed E-state index contributed by atoms with van der Waals surface area (Å²) in [6.45, 7) is 17.1. The minimum absolute atomic E-state index is 0.0773. The van der Waals surface area contributed by atoms with Crippen molar-refractivity contribution in [3.8, 4) is 0 Å². The zero-order chi connectivity index (χ0) is 22.6. The molecule has 1 nitrogen and oxygen atoms in total. The van der Waals surface area contributed by atoms with Gasteiger partial charge in [0.1, 0.15) is 0 Å². The Morgan fingerprint density at radius 1 is 1.06 bits per heavy atom. The van der Waals surface area contributed by atoms with E-state index in [1.165, 1.54) is 51.4 Å². The minimum atomic E-state index is -0.0773. The standard InChI is InChI=1S/C30H50O/c1-8-22(19(2)3)10-9-20(4)24-13-14-26-23-11-12-25-21(5)28(31)16-18-30(25,7)27(23)15-17-29(24,26)6/h8,11,19-21,24-28,31H,9-10,12-18H2,1-7H3/t20-,21?,24-,25?,26+,27+,28+,29-,30+/m1/s1. The van der Waals surface area contributed by atoms with Gasteiger partial charge in [-0.15, -0.1) is 0 Å². The zero-order valence-corrected chi connectivity index (χ0v) is 21.6. The second kappa shape index (κ2) is 8.66. The number of hydrogen-bond donors (Lipinski definition) is 1. The number of fused-ring (bicyclic) bond motifs is 5. The first-order valence-electron chi connectivity index (χ1n) is 13.7. The maximum absolute atomic E-state index is 10.5. The SMILES string of the molecule is CC=C(CC[C@@H](C)[C@H]1CC[C@H]2C3=CCC4C(C)[C@@H](O)CC[C@]4(C)[C@H]3CC[C@]12C)C(C)C. The predicted molar refractivity (Wildman–Crippen MR) is 133 cm³/mol. The van der Waals surface area contributed by atoms with Crippen molar-refractivity contribution in [1.82, 2.24) is 0 Å². The van der Waals surface area contributed by atoms with E-state index in [4.69, 9.17) is 0 Å². The van der Waals surface area contributed by atoms with Crippen molar-refractivity contribution in [1.29, 1.82) is 0 Å². The van der Waals surface area contributed by atoms with E-state index >= 15 is 0 Å². The molecule has 1 heteroatoms. The highest BCUT2D eigenvalue weighted by atomic mass is 16.3. The molecule has 0 spiro atoms. The zero-order valence-electron chi connectivity index (χ0n) is 21.6. The molecule has 176 valence electrons. The predicted octanol–water partition coefficient (Wildman–Crippen LogP) is 8.19. The lowest BCUT2D eigenvalue weighted by atomic mass is 9.46. The van der Waals surface area contributed by atoms with E-state index in [-0.39, 0.29) is 6.10 Å². The van der Waals surface area contributed by atoms with Crippen LogP contribution in [-0.2, 0) is 0 Å². The Morgan fingerprint density at radius 3 is 2.42 bits per heavy atom. The molecule has 0 heterocycles. The molecular formula is C30H50O. The molecule has 0 bridgehead atoms. The monoisotopic (exact) mass is 426 g/mol. The first-order chi connectivity index (χ1) is 14.6. The average Bonchev–Trinajstić information content (AvgIpc) is 3.08. The van der Waals surface area contributed by atoms with Crippen molar-refractivity contribution in [2.45, 2.75) is 112 Å². The summed E-state index contributed by atoms with van der Waals surface area (Å²) >= 11 is 0. The highest BCUT2D eigenvalue weighted by Gasteiger charge is 2.59. The summed E-state index contributed by atoms with van der Waals surface area (Å²) in [6, 6.07) is 0. The van der Waals surface area contributed by atoms with Crippen molar-refractivity contribution in [2.24, 2.45) is 52.3 Å². The van der Waals surface area contributed by atoms with Crippen LogP contribution in [0.15, 0.2) is 23.3 Å². The molecule has 1 N–H and O–H groups in total.